The van der Waals surface area contributed by atoms with Crippen LogP contribution in [0.5, 0.6) is 5.75 Å². The second-order valence-corrected chi connectivity index (χ2v) is 14.1. The molecular weight excluding hydrogens is 581 g/mol. The molecule has 1 aliphatic heterocycles. The molecule has 2 aromatic heterocycles. The SMILES string of the molecule is CNc1nc(CC(C)(C)C)cc2c1OC1(CCC1)C[C@@H]2NC[C@H](O)[C@H](Cc1ccc(F)c(-c2nccs2)c1)NC(=O)COC. The van der Waals surface area contributed by atoms with Crippen molar-refractivity contribution in [3.8, 4) is 16.3 Å². The molecule has 3 heterocycles. The number of rotatable bonds is 12. The minimum absolute atomic E-state index is 0.0590. The number of nitrogens with one attached hydrogen (secondary N) is 3. The van der Waals surface area contributed by atoms with Crippen molar-refractivity contribution in [2.45, 2.75) is 83.1 Å². The van der Waals surface area contributed by atoms with E-state index in [1.54, 1.807) is 23.7 Å². The highest BCUT2D eigenvalue weighted by molar-refractivity contribution is 7.13. The number of aliphatic hydroxyl groups is 1. The molecule has 3 atom stereocenters. The first kappa shape index (κ1) is 32.3. The lowest BCUT2D eigenvalue weighted by molar-refractivity contribution is -0.126. The van der Waals surface area contributed by atoms with E-state index in [0.717, 1.165) is 60.5 Å². The van der Waals surface area contributed by atoms with Gasteiger partial charge in [-0.1, -0.05) is 26.8 Å². The third-order valence-electron chi connectivity index (χ3n) is 8.35. The molecule has 1 spiro atoms. The molecule has 0 unspecified atom stereocenters. The number of pyridine rings is 1. The Balaban J connectivity index is 1.38. The minimum atomic E-state index is -0.938. The highest BCUT2D eigenvalue weighted by Gasteiger charge is 2.47. The average molecular weight is 626 g/mol. The number of thiazole rings is 1. The third kappa shape index (κ3) is 7.56. The zero-order valence-electron chi connectivity index (χ0n) is 26.2. The number of benzene rings is 1. The molecule has 3 aromatic rings. The number of carbonyl (C=O) groups is 1. The van der Waals surface area contributed by atoms with Crippen molar-refractivity contribution >= 4 is 23.1 Å². The summed E-state index contributed by atoms with van der Waals surface area (Å²) in [6, 6.07) is 6.25. The molecule has 1 aliphatic carbocycles. The number of methoxy groups -OCH3 is 1. The number of aliphatic hydroxyl groups excluding tert-OH is 1. The van der Waals surface area contributed by atoms with Crippen LogP contribution < -0.4 is 20.7 Å². The lowest BCUT2D eigenvalue weighted by Crippen LogP contribution is -2.52. The molecule has 2 aliphatic rings. The lowest BCUT2D eigenvalue weighted by atomic mass is 9.72. The van der Waals surface area contributed by atoms with E-state index in [1.807, 2.05) is 7.05 Å². The maximum Gasteiger partial charge on any atom is 0.246 e. The van der Waals surface area contributed by atoms with Gasteiger partial charge in [-0.3, -0.25) is 4.79 Å². The molecule has 44 heavy (non-hydrogen) atoms. The van der Waals surface area contributed by atoms with Crippen molar-refractivity contribution in [1.82, 2.24) is 20.6 Å². The fraction of sp³-hybridized carbons (Fsp3) is 0.545. The predicted molar refractivity (Wildman–Crippen MR) is 171 cm³/mol. The van der Waals surface area contributed by atoms with Gasteiger partial charge in [-0.2, -0.15) is 0 Å². The van der Waals surface area contributed by atoms with Crippen LogP contribution in [0.3, 0.4) is 0 Å². The van der Waals surface area contributed by atoms with Crippen molar-refractivity contribution in [2.75, 3.05) is 32.6 Å². The normalized spacial score (nSPS) is 18.6. The molecule has 1 fully saturated rings. The summed E-state index contributed by atoms with van der Waals surface area (Å²) < 4.78 is 26.3. The van der Waals surface area contributed by atoms with Crippen LogP contribution in [0.1, 0.15) is 69.3 Å². The predicted octanol–water partition coefficient (Wildman–Crippen LogP) is 5.05. The second-order valence-electron chi connectivity index (χ2n) is 13.2. The van der Waals surface area contributed by atoms with E-state index < -0.39 is 12.1 Å². The van der Waals surface area contributed by atoms with Crippen molar-refractivity contribution in [1.29, 1.82) is 0 Å². The van der Waals surface area contributed by atoms with Gasteiger partial charge in [-0.15, -0.1) is 11.3 Å². The van der Waals surface area contributed by atoms with Gasteiger partial charge in [-0.05, 0) is 61.3 Å². The molecule has 0 saturated heterocycles. The summed E-state index contributed by atoms with van der Waals surface area (Å²) in [6.45, 7) is 6.68. The first-order valence-corrected chi connectivity index (χ1v) is 16.2. The van der Waals surface area contributed by atoms with Crippen molar-refractivity contribution in [2.24, 2.45) is 5.41 Å². The fourth-order valence-corrected chi connectivity index (χ4v) is 6.77. The number of aromatic nitrogens is 2. The van der Waals surface area contributed by atoms with Gasteiger partial charge in [-0.25, -0.2) is 14.4 Å². The van der Waals surface area contributed by atoms with Crippen LogP contribution >= 0.6 is 11.3 Å². The number of hydrogen-bond acceptors (Lipinski definition) is 9. The number of halogens is 1. The Morgan fingerprint density at radius 3 is 2.73 bits per heavy atom. The molecule has 9 nitrogen and oxygen atoms in total. The second kappa shape index (κ2) is 13.5. The molecule has 1 amide bonds. The van der Waals surface area contributed by atoms with E-state index in [4.69, 9.17) is 14.5 Å². The number of hydrogen-bond donors (Lipinski definition) is 4. The van der Waals surface area contributed by atoms with Crippen LogP contribution in [-0.4, -0.2) is 66.0 Å². The Morgan fingerprint density at radius 1 is 1.30 bits per heavy atom. The van der Waals surface area contributed by atoms with Crippen LogP contribution in [0, 0.1) is 11.2 Å². The maximum absolute atomic E-state index is 14.7. The summed E-state index contributed by atoms with van der Waals surface area (Å²) in [5, 5.41) is 23.7. The van der Waals surface area contributed by atoms with Crippen LogP contribution in [0.25, 0.3) is 10.6 Å². The molecule has 238 valence electrons. The molecule has 0 bridgehead atoms. The zero-order chi connectivity index (χ0) is 31.5. The summed E-state index contributed by atoms with van der Waals surface area (Å²) in [4.78, 5) is 21.8. The molecule has 1 saturated carbocycles. The zero-order valence-corrected chi connectivity index (χ0v) is 27.0. The highest BCUT2D eigenvalue weighted by atomic mass is 32.1. The maximum atomic E-state index is 14.7. The Kier molecular flexibility index (Phi) is 9.89. The summed E-state index contributed by atoms with van der Waals surface area (Å²) in [5.74, 6) is 0.807. The van der Waals surface area contributed by atoms with Crippen LogP contribution in [0.4, 0.5) is 10.2 Å². The molecule has 1 aromatic carbocycles. The van der Waals surface area contributed by atoms with E-state index in [1.165, 1.54) is 24.5 Å². The Bertz CT molecular complexity index is 1440. The third-order valence-corrected chi connectivity index (χ3v) is 9.15. The summed E-state index contributed by atoms with van der Waals surface area (Å²) >= 11 is 1.36. The fourth-order valence-electron chi connectivity index (χ4n) is 6.12. The van der Waals surface area contributed by atoms with Gasteiger partial charge in [0.15, 0.2) is 11.6 Å². The van der Waals surface area contributed by atoms with Gasteiger partial charge >= 0.3 is 0 Å². The highest BCUT2D eigenvalue weighted by Crippen LogP contribution is 2.51. The molecule has 11 heteroatoms. The van der Waals surface area contributed by atoms with Crippen LogP contribution in [0.2, 0.25) is 0 Å². The van der Waals surface area contributed by atoms with Crippen molar-refractivity contribution in [3.63, 3.8) is 0 Å². The molecule has 0 radical (unpaired) electrons. The van der Waals surface area contributed by atoms with E-state index in [0.29, 0.717) is 17.0 Å². The van der Waals surface area contributed by atoms with Gasteiger partial charge in [0.25, 0.3) is 0 Å². The van der Waals surface area contributed by atoms with E-state index in [-0.39, 0.29) is 41.9 Å². The average Bonchev–Trinajstić information content (AvgIpc) is 3.49. The van der Waals surface area contributed by atoms with E-state index in [2.05, 4.69) is 47.8 Å². The number of nitrogens with zero attached hydrogens (tertiary/aromatic N) is 2. The smallest absolute Gasteiger partial charge is 0.246 e. The number of ether oxygens (including phenoxy) is 2. The standard InChI is InChI=1S/C33H44FN5O4S/c1-32(2,3)16-21-15-23-26(17-33(9-6-10-33)43-29(23)30(35-4)38-21)37-18-27(40)25(39-28(41)19-42-5)14-20-7-8-24(34)22(13-20)31-36-11-12-44-31/h7-8,11-13,15,25-27,37,40H,6,9-10,14,16-19H2,1-5H3,(H,35,38)(H,39,41)/t25-,26-,27-/m0/s1. The summed E-state index contributed by atoms with van der Waals surface area (Å²) in [7, 11) is 3.32. The van der Waals surface area contributed by atoms with Gasteiger partial charge in [0.05, 0.1) is 12.1 Å². The Morgan fingerprint density at radius 2 is 2.09 bits per heavy atom. The lowest BCUT2D eigenvalue weighted by Gasteiger charge is -2.48. The quantitative estimate of drug-likeness (QED) is 0.221. The molecule has 5 rings (SSSR count). The summed E-state index contributed by atoms with van der Waals surface area (Å²) in [5.41, 5.74) is 3.00. The van der Waals surface area contributed by atoms with E-state index >= 15 is 0 Å². The minimum Gasteiger partial charge on any atom is -0.483 e. The van der Waals surface area contributed by atoms with Crippen LogP contribution in [-0.2, 0) is 22.4 Å². The first-order valence-electron chi connectivity index (χ1n) is 15.3. The topological polar surface area (TPSA) is 118 Å². The number of carbonyl (C=O) groups excluding carboxylic acids is 1. The number of anilines is 1. The number of fused-ring (bicyclic) bond motifs is 1. The van der Waals surface area contributed by atoms with Gasteiger partial charge < -0.3 is 30.5 Å². The van der Waals surface area contributed by atoms with Crippen molar-refractivity contribution < 1.29 is 23.8 Å². The van der Waals surface area contributed by atoms with Gasteiger partial charge in [0.2, 0.25) is 5.91 Å². The Labute approximate surface area is 263 Å². The first-order chi connectivity index (χ1) is 21.0. The van der Waals surface area contributed by atoms with Gasteiger partial charge in [0, 0.05) is 61.6 Å². The number of amides is 1. The largest absolute Gasteiger partial charge is 0.483 e. The van der Waals surface area contributed by atoms with E-state index in [9.17, 15) is 14.3 Å². The van der Waals surface area contributed by atoms with Crippen molar-refractivity contribution in [3.05, 3.63) is 58.5 Å². The monoisotopic (exact) mass is 625 g/mol. The molecular formula is C33H44FN5O4S. The summed E-state index contributed by atoms with van der Waals surface area (Å²) in [6.07, 6.45) is 5.65. The van der Waals surface area contributed by atoms with Gasteiger partial charge in [0.1, 0.15) is 23.0 Å². The van der Waals surface area contributed by atoms with Crippen LogP contribution in [0.15, 0.2) is 35.8 Å². The Hall–Kier alpha value is -3.12. The molecule has 4 N–H and O–H groups in total.